The molecular weight excluding hydrogens is 166 g/mol. The number of carbonyl (C=O) groups excluding carboxylic acids is 1. The quantitative estimate of drug-likeness (QED) is 0.462. The summed E-state index contributed by atoms with van der Waals surface area (Å²) >= 11 is 0. The minimum Gasteiger partial charge on any atom is -0.545 e. The van der Waals surface area contributed by atoms with E-state index in [0.29, 0.717) is 5.57 Å². The third-order valence-corrected chi connectivity index (χ3v) is 2.18. The Bertz CT molecular complexity index is 213. The summed E-state index contributed by atoms with van der Waals surface area (Å²) in [5.74, 6) is -1.08. The number of hydrogen-bond acceptors (Lipinski definition) is 2. The molecule has 0 aromatic rings. The summed E-state index contributed by atoms with van der Waals surface area (Å²) < 4.78 is 0.737. The number of likely N-dealkylation sites (N-methyl/N-ethyl adjacent to an activating group) is 1. The molecule has 0 amide bonds. The van der Waals surface area contributed by atoms with Crippen molar-refractivity contribution in [2.24, 2.45) is 0 Å². The van der Waals surface area contributed by atoms with Crippen LogP contribution in [0.1, 0.15) is 20.3 Å². The minimum atomic E-state index is -1.08. The predicted molar refractivity (Wildman–Crippen MR) is 50.9 cm³/mol. The SMILES string of the molecule is CCC(/C=C(\C)C(=O)[O-])[N+](C)(C)C. The summed E-state index contributed by atoms with van der Waals surface area (Å²) in [5.41, 5.74) is 0.319. The van der Waals surface area contributed by atoms with E-state index in [4.69, 9.17) is 0 Å². The number of quaternary nitrogens is 1. The van der Waals surface area contributed by atoms with Crippen LogP contribution in [-0.4, -0.2) is 37.6 Å². The first-order valence-electron chi connectivity index (χ1n) is 4.50. The van der Waals surface area contributed by atoms with Gasteiger partial charge < -0.3 is 14.4 Å². The average molecular weight is 185 g/mol. The zero-order valence-corrected chi connectivity index (χ0v) is 9.13. The summed E-state index contributed by atoms with van der Waals surface area (Å²) in [6.07, 6.45) is 2.70. The Morgan fingerprint density at radius 2 is 1.92 bits per heavy atom. The molecule has 0 N–H and O–H groups in total. The molecule has 0 spiro atoms. The summed E-state index contributed by atoms with van der Waals surface area (Å²) in [5, 5.41) is 10.5. The van der Waals surface area contributed by atoms with Crippen molar-refractivity contribution >= 4 is 5.97 Å². The van der Waals surface area contributed by atoms with E-state index >= 15 is 0 Å². The van der Waals surface area contributed by atoms with Crippen LogP contribution < -0.4 is 5.11 Å². The van der Waals surface area contributed by atoms with Gasteiger partial charge >= 0.3 is 0 Å². The van der Waals surface area contributed by atoms with Crippen molar-refractivity contribution in [1.29, 1.82) is 0 Å². The summed E-state index contributed by atoms with van der Waals surface area (Å²) in [6, 6.07) is 0.234. The fraction of sp³-hybridized carbons (Fsp3) is 0.700. The van der Waals surface area contributed by atoms with Gasteiger partial charge in [0.2, 0.25) is 0 Å². The van der Waals surface area contributed by atoms with Crippen LogP contribution in [0.3, 0.4) is 0 Å². The number of hydrogen-bond donors (Lipinski definition) is 0. The molecule has 1 unspecified atom stereocenters. The van der Waals surface area contributed by atoms with E-state index in [1.165, 1.54) is 0 Å². The Morgan fingerprint density at radius 1 is 1.46 bits per heavy atom. The molecular formula is C10H19NO2. The Balaban J connectivity index is 4.64. The van der Waals surface area contributed by atoms with Crippen molar-refractivity contribution in [1.82, 2.24) is 0 Å². The van der Waals surface area contributed by atoms with E-state index < -0.39 is 5.97 Å². The Kier molecular flexibility index (Phi) is 4.14. The molecule has 0 aliphatic carbocycles. The van der Waals surface area contributed by atoms with Gasteiger partial charge in [0.15, 0.2) is 0 Å². The molecule has 0 fully saturated rings. The summed E-state index contributed by atoms with van der Waals surface area (Å²) in [6.45, 7) is 3.63. The fourth-order valence-electron chi connectivity index (χ4n) is 1.25. The molecule has 3 nitrogen and oxygen atoms in total. The van der Waals surface area contributed by atoms with E-state index in [2.05, 4.69) is 0 Å². The standard InChI is InChI=1S/C10H19NO2/c1-6-9(11(3,4)5)7-8(2)10(12)13/h7,9H,6H2,1-5H3/b8-7+. The molecule has 1 atom stereocenters. The van der Waals surface area contributed by atoms with Crippen LogP contribution in [0.5, 0.6) is 0 Å². The Labute approximate surface area is 80.3 Å². The van der Waals surface area contributed by atoms with Gasteiger partial charge in [0, 0.05) is 6.42 Å². The zero-order chi connectivity index (χ0) is 10.6. The van der Waals surface area contributed by atoms with Crippen LogP contribution in [0, 0.1) is 0 Å². The number of carboxylic acids is 1. The van der Waals surface area contributed by atoms with E-state index in [9.17, 15) is 9.90 Å². The van der Waals surface area contributed by atoms with Gasteiger partial charge in [-0.15, -0.1) is 0 Å². The maximum absolute atomic E-state index is 10.5. The van der Waals surface area contributed by atoms with Gasteiger partial charge in [0.25, 0.3) is 0 Å². The van der Waals surface area contributed by atoms with E-state index in [-0.39, 0.29) is 6.04 Å². The summed E-state index contributed by atoms with van der Waals surface area (Å²) in [4.78, 5) is 10.5. The lowest BCUT2D eigenvalue weighted by Gasteiger charge is -2.32. The van der Waals surface area contributed by atoms with Crippen molar-refractivity contribution in [2.45, 2.75) is 26.3 Å². The lowest BCUT2D eigenvalue weighted by Crippen LogP contribution is -2.44. The predicted octanol–water partition coefficient (Wildman–Crippen LogP) is 0.167. The molecule has 0 aliphatic heterocycles. The van der Waals surface area contributed by atoms with Gasteiger partial charge in [0.05, 0.1) is 27.1 Å². The first-order chi connectivity index (χ1) is 5.79. The van der Waals surface area contributed by atoms with Crippen LogP contribution in [-0.2, 0) is 4.79 Å². The van der Waals surface area contributed by atoms with Crippen molar-refractivity contribution in [2.75, 3.05) is 21.1 Å². The largest absolute Gasteiger partial charge is 0.545 e. The van der Waals surface area contributed by atoms with E-state index in [1.54, 1.807) is 13.0 Å². The first-order valence-corrected chi connectivity index (χ1v) is 4.50. The number of carbonyl (C=O) groups is 1. The molecule has 0 rings (SSSR count). The molecule has 0 heterocycles. The Morgan fingerprint density at radius 3 is 2.15 bits per heavy atom. The van der Waals surface area contributed by atoms with Crippen LogP contribution >= 0.6 is 0 Å². The highest BCUT2D eigenvalue weighted by molar-refractivity contribution is 5.83. The Hall–Kier alpha value is -0.830. The monoisotopic (exact) mass is 185 g/mol. The third-order valence-electron chi connectivity index (χ3n) is 2.18. The second-order valence-corrected chi connectivity index (χ2v) is 4.23. The topological polar surface area (TPSA) is 40.1 Å². The van der Waals surface area contributed by atoms with Gasteiger partial charge in [-0.05, 0) is 18.6 Å². The van der Waals surface area contributed by atoms with Crippen molar-refractivity contribution in [3.63, 3.8) is 0 Å². The van der Waals surface area contributed by atoms with Gasteiger partial charge in [-0.2, -0.15) is 0 Å². The highest BCUT2D eigenvalue weighted by atomic mass is 16.4. The number of rotatable bonds is 4. The molecule has 0 saturated heterocycles. The molecule has 0 bridgehead atoms. The first kappa shape index (κ1) is 12.2. The van der Waals surface area contributed by atoms with Crippen molar-refractivity contribution in [3.8, 4) is 0 Å². The van der Waals surface area contributed by atoms with Crippen LogP contribution in [0.15, 0.2) is 11.6 Å². The molecule has 0 saturated carbocycles. The second kappa shape index (κ2) is 4.42. The zero-order valence-electron chi connectivity index (χ0n) is 9.13. The number of aliphatic carboxylic acids is 1. The normalized spacial score (nSPS) is 15.6. The number of nitrogens with zero attached hydrogens (tertiary/aromatic N) is 1. The van der Waals surface area contributed by atoms with Gasteiger partial charge in [-0.25, -0.2) is 0 Å². The molecule has 13 heavy (non-hydrogen) atoms. The molecule has 76 valence electrons. The molecule has 0 aromatic heterocycles. The van der Waals surface area contributed by atoms with Crippen LogP contribution in [0.2, 0.25) is 0 Å². The van der Waals surface area contributed by atoms with Crippen molar-refractivity contribution in [3.05, 3.63) is 11.6 Å². The molecule has 0 radical (unpaired) electrons. The molecule has 3 heteroatoms. The average Bonchev–Trinajstić information content (AvgIpc) is 1.96. The fourth-order valence-corrected chi connectivity index (χ4v) is 1.25. The maximum atomic E-state index is 10.5. The smallest absolute Gasteiger partial charge is 0.107 e. The maximum Gasteiger partial charge on any atom is 0.107 e. The summed E-state index contributed by atoms with van der Waals surface area (Å²) in [7, 11) is 6.15. The third kappa shape index (κ3) is 4.08. The van der Waals surface area contributed by atoms with Gasteiger partial charge in [-0.3, -0.25) is 0 Å². The van der Waals surface area contributed by atoms with E-state index in [0.717, 1.165) is 10.9 Å². The lowest BCUT2D eigenvalue weighted by molar-refractivity contribution is -0.889. The van der Waals surface area contributed by atoms with Gasteiger partial charge in [-0.1, -0.05) is 6.92 Å². The highest BCUT2D eigenvalue weighted by Gasteiger charge is 2.18. The second-order valence-electron chi connectivity index (χ2n) is 4.23. The van der Waals surface area contributed by atoms with E-state index in [1.807, 2.05) is 28.1 Å². The van der Waals surface area contributed by atoms with Crippen LogP contribution in [0.4, 0.5) is 0 Å². The number of carboxylic acid groups (broad SMARTS) is 1. The van der Waals surface area contributed by atoms with Crippen LogP contribution in [0.25, 0.3) is 0 Å². The lowest BCUT2D eigenvalue weighted by atomic mass is 10.1. The minimum absolute atomic E-state index is 0.234. The molecule has 0 aromatic carbocycles. The van der Waals surface area contributed by atoms with Crippen molar-refractivity contribution < 1.29 is 14.4 Å². The van der Waals surface area contributed by atoms with Gasteiger partial charge in [0.1, 0.15) is 6.04 Å². The highest BCUT2D eigenvalue weighted by Crippen LogP contribution is 2.10. The molecule has 0 aliphatic rings.